The van der Waals surface area contributed by atoms with E-state index in [1.165, 1.54) is 218 Å². The van der Waals surface area contributed by atoms with Gasteiger partial charge in [-0.2, -0.15) is 25.3 Å². The summed E-state index contributed by atoms with van der Waals surface area (Å²) in [5, 5.41) is 0. The highest BCUT2D eigenvalue weighted by molar-refractivity contribution is 7.80. The summed E-state index contributed by atoms with van der Waals surface area (Å²) in [6, 6.07) is 2.23. The van der Waals surface area contributed by atoms with E-state index in [-0.39, 0.29) is 0 Å². The Morgan fingerprint density at radius 3 is 0.620 bits per heavy atom. The van der Waals surface area contributed by atoms with Gasteiger partial charge in [0.1, 0.15) is 33.9 Å². The zero-order chi connectivity index (χ0) is 75.6. The summed E-state index contributed by atoms with van der Waals surface area (Å²) < 4.78 is 74.6. The maximum absolute atomic E-state index is 8.00. The first-order valence-electron chi connectivity index (χ1n) is 39.6. The third-order valence-corrected chi connectivity index (χ3v) is 22.6. The second-order valence-corrected chi connectivity index (χ2v) is 34.9. The molecule has 0 saturated heterocycles. The average Bonchev–Trinajstić information content (AvgIpc) is 0.926. The van der Waals surface area contributed by atoms with E-state index in [1.54, 1.807) is 0 Å². The smallest absolute Gasteiger partial charge is 0.215 e. The molecule has 0 aliphatic rings. The van der Waals surface area contributed by atoms with E-state index in [1.807, 2.05) is 33.9 Å². The van der Waals surface area contributed by atoms with Gasteiger partial charge in [0.05, 0.1) is 138 Å². The van der Waals surface area contributed by atoms with E-state index in [2.05, 4.69) is 65.7 Å². The van der Waals surface area contributed by atoms with Gasteiger partial charge in [-0.15, -0.1) is 0 Å². The molecule has 0 aliphatic heterocycles. The van der Waals surface area contributed by atoms with Crippen LogP contribution in [0, 0.1) is 0 Å². The minimum atomic E-state index is -1.92. The van der Waals surface area contributed by atoms with E-state index >= 15 is 0 Å². The van der Waals surface area contributed by atoms with Crippen LogP contribution in [0.3, 0.4) is 0 Å². The summed E-state index contributed by atoms with van der Waals surface area (Å²) in [4.78, 5) is 40.0. The molecular weight excluding hydrogens is 1350 g/mol. The Kier molecular flexibility index (Phi) is 125. The minimum absolute atomic E-state index is 0.563. The first-order chi connectivity index (χ1) is 49.3. The predicted molar refractivity (Wildman–Crippen MR) is 430 cm³/mol. The van der Waals surface area contributed by atoms with Crippen molar-refractivity contribution in [2.24, 2.45) is 0 Å². The van der Waals surface area contributed by atoms with Gasteiger partial charge in [-0.05, 0) is 75.3 Å². The highest BCUT2D eigenvalue weighted by atomic mass is 32.1. The number of ether oxygens (including phenoxy) is 11. The van der Waals surface area contributed by atoms with Gasteiger partial charge in [-0.1, -0.05) is 239 Å². The first-order valence-corrected chi connectivity index (χ1v) is 46.8. The Morgan fingerprint density at radius 2 is 0.390 bits per heavy atom. The molecule has 0 N–H and O–H groups in total. The van der Waals surface area contributed by atoms with Crippen LogP contribution >= 0.6 is 25.3 Å². The molecule has 604 valence electrons. The maximum Gasteiger partial charge on any atom is 0.215 e. The van der Waals surface area contributed by atoms with Gasteiger partial charge in [-0.3, -0.25) is 0 Å². The van der Waals surface area contributed by atoms with Crippen molar-refractivity contribution in [2.75, 3.05) is 170 Å². The summed E-state index contributed by atoms with van der Waals surface area (Å²) in [5.74, 6) is 1.82. The van der Waals surface area contributed by atoms with Gasteiger partial charge in [-0.25, -0.2) is 0 Å². The van der Waals surface area contributed by atoms with Crippen LogP contribution < -0.4 is 0 Å². The Morgan fingerprint density at radius 1 is 0.210 bits per heavy atom. The number of rotatable bonds is 80. The van der Waals surface area contributed by atoms with Gasteiger partial charge in [0.2, 0.25) is 8.32 Å². The van der Waals surface area contributed by atoms with Crippen molar-refractivity contribution in [3.8, 4) is 0 Å². The number of carbonyl (C=O) groups is 5. The molecule has 0 fully saturated rings. The van der Waals surface area contributed by atoms with Gasteiger partial charge in [0.15, 0.2) is 8.32 Å². The Balaban J connectivity index is -0.000000326. The van der Waals surface area contributed by atoms with Crippen LogP contribution in [0.15, 0.2) is 0 Å². The highest BCUT2D eigenvalue weighted by Crippen LogP contribution is 2.19. The second kappa shape index (κ2) is 111. The van der Waals surface area contributed by atoms with E-state index in [0.29, 0.717) is 132 Å². The lowest BCUT2D eigenvalue weighted by Crippen LogP contribution is -2.41. The summed E-state index contributed by atoms with van der Waals surface area (Å²) in [7, 11) is -3.46. The molecular formula is C78H164O18S2Si2. The quantitative estimate of drug-likeness (QED) is 0.0330. The SMILES string of the molecule is C=O.C=O.C=O.C=O.C=O.CCCCCCCCCCCCCCCCCOC[Si](C)(CCCS)OCCOCCOCCOCCOCCOCCCCCCCCCCCCC.CCCCCCCCCCCCCOCCOCCOCCOCCOCCO[Si](C)(C)CCCS. The van der Waals surface area contributed by atoms with Crippen molar-refractivity contribution in [3.63, 3.8) is 0 Å². The van der Waals surface area contributed by atoms with E-state index in [0.717, 1.165) is 81.7 Å². The molecule has 0 aromatic heterocycles. The predicted octanol–water partition coefficient (Wildman–Crippen LogP) is 18.7. The minimum Gasteiger partial charge on any atom is -0.415 e. The monoisotopic (exact) mass is 1510 g/mol. The molecule has 0 aromatic carbocycles. The fourth-order valence-corrected chi connectivity index (χ4v) is 15.7. The molecule has 100 heavy (non-hydrogen) atoms. The molecule has 0 rings (SSSR count). The summed E-state index contributed by atoms with van der Waals surface area (Å²) in [5.41, 5.74) is 0. The van der Waals surface area contributed by atoms with Crippen LogP contribution in [-0.4, -0.2) is 220 Å². The second-order valence-electron chi connectivity index (χ2n) is 25.8. The van der Waals surface area contributed by atoms with Crippen LogP contribution in [0.4, 0.5) is 0 Å². The highest BCUT2D eigenvalue weighted by Gasteiger charge is 2.29. The number of carbonyl (C=O) groups excluding carboxylic acids is 5. The largest absolute Gasteiger partial charge is 0.415 e. The molecule has 1 atom stereocenters. The van der Waals surface area contributed by atoms with Crippen LogP contribution in [-0.2, 0) is 84.9 Å². The summed E-state index contributed by atoms with van der Waals surface area (Å²) >= 11 is 8.70. The number of hydrogen-bond donors (Lipinski definition) is 2. The van der Waals surface area contributed by atoms with Crippen molar-refractivity contribution < 1.29 is 84.9 Å². The molecule has 0 spiro atoms. The zero-order valence-corrected chi connectivity index (χ0v) is 69.9. The van der Waals surface area contributed by atoms with Crippen molar-refractivity contribution >= 4 is 75.8 Å². The van der Waals surface area contributed by atoms with Crippen molar-refractivity contribution in [1.82, 2.24) is 0 Å². The number of hydrogen-bond acceptors (Lipinski definition) is 20. The Bertz CT molecular complexity index is 1360. The van der Waals surface area contributed by atoms with Crippen molar-refractivity contribution in [3.05, 3.63) is 0 Å². The fraction of sp³-hybridized carbons (Fsp3) is 0.936. The molecule has 22 heteroatoms. The lowest BCUT2D eigenvalue weighted by atomic mass is 10.0. The molecule has 0 aromatic rings. The van der Waals surface area contributed by atoms with Crippen molar-refractivity contribution in [1.29, 1.82) is 0 Å². The molecule has 0 amide bonds. The van der Waals surface area contributed by atoms with E-state index in [4.69, 9.17) is 84.9 Å². The summed E-state index contributed by atoms with van der Waals surface area (Å²) in [6.45, 7) is 38.2. The van der Waals surface area contributed by atoms with Gasteiger partial charge in [0.25, 0.3) is 0 Å². The van der Waals surface area contributed by atoms with E-state index < -0.39 is 16.6 Å². The lowest BCUT2D eigenvalue weighted by molar-refractivity contribution is -0.0987. The van der Waals surface area contributed by atoms with Crippen LogP contribution in [0.2, 0.25) is 31.7 Å². The third-order valence-electron chi connectivity index (χ3n) is 16.3. The number of thiol groups is 2. The third kappa shape index (κ3) is 113. The van der Waals surface area contributed by atoms with Gasteiger partial charge in [0, 0.05) is 19.8 Å². The average molecular weight is 1510 g/mol. The molecule has 0 aliphatic carbocycles. The summed E-state index contributed by atoms with van der Waals surface area (Å²) in [6.07, 6.45) is 53.7. The zero-order valence-electron chi connectivity index (χ0n) is 66.2. The van der Waals surface area contributed by atoms with Gasteiger partial charge < -0.3 is 84.9 Å². The Labute approximate surface area is 629 Å². The molecule has 0 saturated carbocycles. The first kappa shape index (κ1) is 112. The van der Waals surface area contributed by atoms with Crippen molar-refractivity contribution in [2.45, 2.75) is 303 Å². The fourth-order valence-electron chi connectivity index (χ4n) is 10.5. The Hall–Kier alpha value is -1.04. The molecule has 1 unspecified atom stereocenters. The van der Waals surface area contributed by atoms with Crippen LogP contribution in [0.25, 0.3) is 0 Å². The number of unbranched alkanes of at least 4 members (excludes halogenated alkanes) is 34. The molecule has 0 heterocycles. The van der Waals surface area contributed by atoms with Gasteiger partial charge >= 0.3 is 0 Å². The molecule has 0 radical (unpaired) electrons. The van der Waals surface area contributed by atoms with E-state index in [9.17, 15) is 0 Å². The maximum atomic E-state index is 8.00. The topological polar surface area (TPSA) is 205 Å². The standard InChI is InChI=1S/C45H94O7SSi.C28H60O6SSi.5CH2O/c1-4-6-8-10-12-14-16-17-18-19-21-23-25-27-29-32-51-45-54(3,44-30-43-53)52-42-41-50-40-39-49-38-37-48-36-35-47-34-33-46-31-28-26-24-22-20-15-13-11-9-7-5-2;1-4-5-6-7-8-9-10-11-12-13-14-16-29-17-18-30-19-20-31-21-22-32-23-24-33-25-26-34-36(2,3)28-15-27-35;5*1-2/h53H,4-45H2,1-3H3;35H,4-28H2,1-3H3;5*1H2. The van der Waals surface area contributed by atoms with Crippen LogP contribution in [0.5, 0.6) is 0 Å². The lowest BCUT2D eigenvalue weighted by Gasteiger charge is -2.27. The normalized spacial score (nSPS) is 11.5. The molecule has 18 nitrogen and oxygen atoms in total. The van der Waals surface area contributed by atoms with Crippen LogP contribution in [0.1, 0.15) is 271 Å². The molecule has 0 bridgehead atoms.